The second-order valence-corrected chi connectivity index (χ2v) is 10.3. The number of fused-ring (bicyclic) bond motifs is 7. The van der Waals surface area contributed by atoms with E-state index in [2.05, 4.69) is 26.8 Å². The maximum atomic E-state index is 12.0. The summed E-state index contributed by atoms with van der Waals surface area (Å²) in [5, 5.41) is 10.2. The van der Waals surface area contributed by atoms with Gasteiger partial charge in [0, 0.05) is 6.42 Å². The third-order valence-corrected chi connectivity index (χ3v) is 10.0. The van der Waals surface area contributed by atoms with Gasteiger partial charge in [0.15, 0.2) is 5.78 Å². The lowest BCUT2D eigenvalue weighted by atomic mass is 9.44. The highest BCUT2D eigenvalue weighted by molar-refractivity contribution is 5.91. The third kappa shape index (κ3) is 1.86. The van der Waals surface area contributed by atoms with Crippen LogP contribution in [0.2, 0.25) is 0 Å². The second kappa shape index (κ2) is 5.46. The summed E-state index contributed by atoms with van der Waals surface area (Å²) in [4.78, 5) is 12.0. The number of rotatable bonds is 2. The topological polar surface area (TPSA) is 40.9 Å². The van der Waals surface area contributed by atoms with Crippen LogP contribution in [0, 0.1) is 63.6 Å². The van der Waals surface area contributed by atoms with Crippen molar-refractivity contribution in [3.63, 3.8) is 0 Å². The number of carbonyl (C=O) groups is 1. The average Bonchev–Trinajstić information content (AvgIpc) is 3.42. The fourth-order valence-electron chi connectivity index (χ4n) is 8.87. The van der Waals surface area contributed by atoms with Crippen LogP contribution in [0.4, 0.5) is 0 Å². The summed E-state index contributed by atoms with van der Waals surface area (Å²) < 4.78 is 0. The second-order valence-electron chi connectivity index (χ2n) is 10.3. The molecule has 2 nitrogen and oxygen atoms in total. The zero-order valence-electron chi connectivity index (χ0n) is 16.6. The summed E-state index contributed by atoms with van der Waals surface area (Å²) in [6.45, 7) is 7.04. The molecular formula is C24H33NO. The molecular weight excluding hydrogens is 318 g/mol. The number of nitrogens with zero attached hydrogens (tertiary/aromatic N) is 1. The number of hydrogen-bond acceptors (Lipinski definition) is 2. The quantitative estimate of drug-likeness (QED) is 0.655. The van der Waals surface area contributed by atoms with E-state index in [1.807, 2.05) is 6.08 Å². The van der Waals surface area contributed by atoms with Crippen LogP contribution in [0.15, 0.2) is 11.6 Å². The van der Waals surface area contributed by atoms with Crippen LogP contribution in [-0.4, -0.2) is 5.78 Å². The summed E-state index contributed by atoms with van der Waals surface area (Å²) in [5.41, 5.74) is 1.65. The first kappa shape index (κ1) is 17.0. The highest BCUT2D eigenvalue weighted by atomic mass is 16.1. The van der Waals surface area contributed by atoms with Crippen LogP contribution < -0.4 is 0 Å². The first-order valence-corrected chi connectivity index (χ1v) is 11.1. The summed E-state index contributed by atoms with van der Waals surface area (Å²) in [6, 6.07) is 2.86. The molecule has 0 radical (unpaired) electrons. The van der Waals surface area contributed by atoms with E-state index in [1.54, 1.807) is 0 Å². The predicted molar refractivity (Wildman–Crippen MR) is 102 cm³/mol. The minimum absolute atomic E-state index is 0.0982. The van der Waals surface area contributed by atoms with Gasteiger partial charge in [-0.25, -0.2) is 0 Å². The molecule has 0 aromatic carbocycles. The van der Waals surface area contributed by atoms with Gasteiger partial charge in [-0.3, -0.25) is 4.79 Å². The van der Waals surface area contributed by atoms with Crippen LogP contribution in [0.3, 0.4) is 0 Å². The maximum Gasteiger partial charge on any atom is 0.155 e. The van der Waals surface area contributed by atoms with Gasteiger partial charge in [0.05, 0.1) is 11.5 Å². The first-order chi connectivity index (χ1) is 12.5. The van der Waals surface area contributed by atoms with Gasteiger partial charge in [-0.05, 0) is 98.4 Å². The minimum Gasteiger partial charge on any atom is -0.295 e. The Morgan fingerprint density at radius 1 is 1.27 bits per heavy atom. The molecule has 0 amide bonds. The van der Waals surface area contributed by atoms with Crippen molar-refractivity contribution >= 4 is 5.78 Å². The van der Waals surface area contributed by atoms with Crippen molar-refractivity contribution in [1.29, 1.82) is 5.26 Å². The molecule has 0 aliphatic heterocycles. The SMILES string of the molecule is CCC1CC2=CC(=O)CCC2C2CCC3(CC)[C@@H](C4CC4[C@]3(C)C#N)C12. The van der Waals surface area contributed by atoms with E-state index in [9.17, 15) is 10.1 Å². The molecule has 7 unspecified atom stereocenters. The smallest absolute Gasteiger partial charge is 0.155 e. The lowest BCUT2D eigenvalue weighted by molar-refractivity contribution is -0.117. The van der Waals surface area contributed by atoms with Gasteiger partial charge < -0.3 is 0 Å². The van der Waals surface area contributed by atoms with Gasteiger partial charge in [-0.15, -0.1) is 0 Å². The van der Waals surface area contributed by atoms with Crippen molar-refractivity contribution in [2.24, 2.45) is 52.3 Å². The molecule has 140 valence electrons. The Balaban J connectivity index is 1.58. The van der Waals surface area contributed by atoms with Gasteiger partial charge in [0.25, 0.3) is 0 Å². The van der Waals surface area contributed by atoms with Gasteiger partial charge in [0.1, 0.15) is 0 Å². The van der Waals surface area contributed by atoms with Crippen molar-refractivity contribution in [2.45, 2.75) is 72.1 Å². The molecule has 5 aliphatic rings. The standard InChI is InChI=1S/C24H33NO/c1-4-14-10-15-11-16(26)6-7-17(15)18-8-9-24(5-2)22(21(14)18)19-12-20(19)23(24,3)13-25/h11,14,17-22H,4-10,12H2,1-3H3/t14?,17?,18?,19?,20?,21?,22-,23-,24?/m0/s1. The van der Waals surface area contributed by atoms with Crippen LogP contribution >= 0.6 is 0 Å². The molecule has 0 spiro atoms. The largest absolute Gasteiger partial charge is 0.295 e. The molecule has 0 heterocycles. The Labute approximate surface area is 158 Å². The molecule has 9 atom stereocenters. The van der Waals surface area contributed by atoms with Gasteiger partial charge in [0.2, 0.25) is 0 Å². The molecule has 0 aromatic rings. The highest BCUT2D eigenvalue weighted by Crippen LogP contribution is 2.80. The molecule has 0 saturated heterocycles. The van der Waals surface area contributed by atoms with E-state index in [1.165, 1.54) is 37.7 Å². The molecule has 0 aromatic heterocycles. The lowest BCUT2D eigenvalue weighted by Crippen LogP contribution is -2.54. The Morgan fingerprint density at radius 2 is 2.08 bits per heavy atom. The summed E-state index contributed by atoms with van der Waals surface area (Å²) in [5.74, 6) is 5.59. The first-order valence-electron chi connectivity index (χ1n) is 11.1. The van der Waals surface area contributed by atoms with Crippen molar-refractivity contribution in [3.05, 3.63) is 11.6 Å². The number of nitriles is 1. The van der Waals surface area contributed by atoms with Crippen molar-refractivity contribution in [2.75, 3.05) is 0 Å². The van der Waals surface area contributed by atoms with Crippen LogP contribution in [0.1, 0.15) is 72.1 Å². The van der Waals surface area contributed by atoms with Gasteiger partial charge in [-0.1, -0.05) is 25.8 Å². The number of carbonyl (C=O) groups excluding carboxylic acids is 1. The number of allylic oxidation sites excluding steroid dienone is 1. The van der Waals surface area contributed by atoms with Crippen LogP contribution in [0.25, 0.3) is 0 Å². The number of hydrogen-bond donors (Lipinski definition) is 0. The fourth-order valence-corrected chi connectivity index (χ4v) is 8.87. The van der Waals surface area contributed by atoms with E-state index >= 15 is 0 Å². The average molecular weight is 352 g/mol. The Bertz CT molecular complexity index is 716. The maximum absolute atomic E-state index is 12.0. The van der Waals surface area contributed by atoms with Crippen molar-refractivity contribution < 1.29 is 4.79 Å². The molecule has 5 rings (SSSR count). The summed E-state index contributed by atoms with van der Waals surface area (Å²) in [6.07, 6.45) is 11.3. The lowest BCUT2D eigenvalue weighted by Gasteiger charge is -2.59. The van der Waals surface area contributed by atoms with E-state index in [0.29, 0.717) is 17.6 Å². The molecule has 5 aliphatic carbocycles. The van der Waals surface area contributed by atoms with E-state index in [-0.39, 0.29) is 10.8 Å². The third-order valence-electron chi connectivity index (χ3n) is 10.0. The monoisotopic (exact) mass is 351 g/mol. The van der Waals surface area contributed by atoms with E-state index in [0.717, 1.165) is 48.9 Å². The Hall–Kier alpha value is -1.10. The van der Waals surface area contributed by atoms with Crippen molar-refractivity contribution in [1.82, 2.24) is 0 Å². The van der Waals surface area contributed by atoms with Gasteiger partial charge >= 0.3 is 0 Å². The molecule has 26 heavy (non-hydrogen) atoms. The zero-order chi connectivity index (χ0) is 18.3. The summed E-state index contributed by atoms with van der Waals surface area (Å²) in [7, 11) is 0. The van der Waals surface area contributed by atoms with Gasteiger partial charge in [-0.2, -0.15) is 5.26 Å². The Morgan fingerprint density at radius 3 is 2.77 bits per heavy atom. The van der Waals surface area contributed by atoms with E-state index in [4.69, 9.17) is 0 Å². The zero-order valence-corrected chi connectivity index (χ0v) is 16.6. The normalized spacial score (nSPS) is 54.3. The van der Waals surface area contributed by atoms with Crippen LogP contribution in [-0.2, 0) is 4.79 Å². The Kier molecular flexibility index (Phi) is 3.58. The number of ketones is 1. The molecule has 2 heteroatoms. The molecule has 0 N–H and O–H groups in total. The minimum atomic E-state index is -0.0982. The van der Waals surface area contributed by atoms with E-state index < -0.39 is 0 Å². The highest BCUT2D eigenvalue weighted by Gasteiger charge is 2.76. The van der Waals surface area contributed by atoms with Crippen molar-refractivity contribution in [3.8, 4) is 6.07 Å². The molecule has 4 fully saturated rings. The fraction of sp³-hybridized carbons (Fsp3) is 0.833. The molecule has 4 saturated carbocycles. The van der Waals surface area contributed by atoms with Crippen LogP contribution in [0.5, 0.6) is 0 Å². The summed E-state index contributed by atoms with van der Waals surface area (Å²) >= 11 is 0. The predicted octanol–water partition coefficient (Wildman–Crippen LogP) is 5.54. The molecule has 0 bridgehead atoms.